The van der Waals surface area contributed by atoms with Gasteiger partial charge in [0.05, 0.1) is 16.2 Å². The van der Waals surface area contributed by atoms with Crippen LogP contribution >= 0.6 is 11.6 Å². The Labute approximate surface area is 142 Å². The average Bonchev–Trinajstić information content (AvgIpc) is 2.51. The van der Waals surface area contributed by atoms with Crippen molar-refractivity contribution in [2.45, 2.75) is 45.8 Å². The van der Waals surface area contributed by atoms with Gasteiger partial charge in [-0.1, -0.05) is 44.0 Å². The molecular formula is C17H25ClN2O3. The average molecular weight is 341 g/mol. The minimum absolute atomic E-state index is 0.0517. The number of amides is 2. The van der Waals surface area contributed by atoms with E-state index >= 15 is 0 Å². The molecule has 0 heterocycles. The second-order valence-corrected chi connectivity index (χ2v) is 6.47. The first-order chi connectivity index (χ1) is 10.7. The minimum Gasteiger partial charge on any atom is -0.388 e. The molecule has 0 aliphatic rings. The third-order valence-corrected chi connectivity index (χ3v) is 4.48. The van der Waals surface area contributed by atoms with Crippen LogP contribution in [0.15, 0.2) is 24.3 Å². The van der Waals surface area contributed by atoms with Gasteiger partial charge in [-0.2, -0.15) is 0 Å². The largest absolute Gasteiger partial charge is 0.388 e. The molecule has 1 rings (SSSR count). The third kappa shape index (κ3) is 5.52. The first-order valence-corrected chi connectivity index (χ1v) is 8.12. The van der Waals surface area contributed by atoms with E-state index < -0.39 is 17.6 Å². The number of nitrogens with one attached hydrogen (secondary N) is 2. The van der Waals surface area contributed by atoms with Crippen LogP contribution < -0.4 is 10.6 Å². The normalized spacial score (nSPS) is 16.1. The van der Waals surface area contributed by atoms with E-state index in [1.807, 2.05) is 13.8 Å². The fraction of sp³-hybridized carbons (Fsp3) is 0.529. The summed E-state index contributed by atoms with van der Waals surface area (Å²) in [6.07, 6.45) is 0.807. The van der Waals surface area contributed by atoms with Gasteiger partial charge >= 0.3 is 0 Å². The summed E-state index contributed by atoms with van der Waals surface area (Å²) in [4.78, 5) is 24.2. The zero-order valence-corrected chi connectivity index (χ0v) is 14.8. The molecule has 2 amide bonds. The van der Waals surface area contributed by atoms with Crippen LogP contribution in [0.5, 0.6) is 0 Å². The quantitative estimate of drug-likeness (QED) is 0.713. The fourth-order valence-corrected chi connectivity index (χ4v) is 2.24. The molecule has 0 radical (unpaired) electrons. The Bertz CT molecular complexity index is 561. The maximum absolute atomic E-state index is 12.1. The van der Waals surface area contributed by atoms with Gasteiger partial charge in [0, 0.05) is 6.54 Å². The summed E-state index contributed by atoms with van der Waals surface area (Å²) in [7, 11) is 0. The van der Waals surface area contributed by atoms with Crippen molar-refractivity contribution in [1.82, 2.24) is 10.6 Å². The van der Waals surface area contributed by atoms with Crippen molar-refractivity contribution in [3.8, 4) is 0 Å². The second kappa shape index (κ2) is 8.31. The van der Waals surface area contributed by atoms with Crippen LogP contribution in [0.4, 0.5) is 0 Å². The van der Waals surface area contributed by atoms with Crippen LogP contribution in [0, 0.1) is 5.92 Å². The molecule has 1 aromatic carbocycles. The zero-order valence-electron chi connectivity index (χ0n) is 14.0. The van der Waals surface area contributed by atoms with Crippen molar-refractivity contribution in [3.05, 3.63) is 34.9 Å². The van der Waals surface area contributed by atoms with Gasteiger partial charge in [0.1, 0.15) is 6.04 Å². The summed E-state index contributed by atoms with van der Waals surface area (Å²) >= 11 is 5.96. The lowest BCUT2D eigenvalue weighted by atomic mass is 9.88. The molecule has 0 aromatic heterocycles. The predicted molar refractivity (Wildman–Crippen MR) is 91.5 cm³/mol. The van der Waals surface area contributed by atoms with E-state index in [4.69, 9.17) is 11.6 Å². The summed E-state index contributed by atoms with van der Waals surface area (Å²) in [5.74, 6) is -0.711. The molecule has 6 heteroatoms. The van der Waals surface area contributed by atoms with Crippen molar-refractivity contribution in [2.24, 2.45) is 5.92 Å². The molecule has 128 valence electrons. The Kier molecular flexibility index (Phi) is 7.03. The Morgan fingerprint density at radius 3 is 2.48 bits per heavy atom. The predicted octanol–water partition coefficient (Wildman–Crippen LogP) is 2.37. The highest BCUT2D eigenvalue weighted by Crippen LogP contribution is 2.19. The molecule has 3 N–H and O–H groups in total. The Hall–Kier alpha value is -1.59. The van der Waals surface area contributed by atoms with Gasteiger partial charge in [-0.3, -0.25) is 9.59 Å². The number of hydrogen-bond acceptors (Lipinski definition) is 3. The number of halogens is 1. The number of carbonyl (C=O) groups is 2. The van der Waals surface area contributed by atoms with Crippen LogP contribution in [0.3, 0.4) is 0 Å². The van der Waals surface area contributed by atoms with Gasteiger partial charge in [0.25, 0.3) is 5.91 Å². The molecule has 0 saturated heterocycles. The van der Waals surface area contributed by atoms with Gasteiger partial charge in [-0.05, 0) is 31.9 Å². The van der Waals surface area contributed by atoms with Crippen LogP contribution in [0.1, 0.15) is 44.5 Å². The van der Waals surface area contributed by atoms with E-state index in [0.29, 0.717) is 10.6 Å². The Balaban J connectivity index is 2.58. The monoisotopic (exact) mass is 340 g/mol. The van der Waals surface area contributed by atoms with Gasteiger partial charge in [-0.25, -0.2) is 0 Å². The van der Waals surface area contributed by atoms with E-state index in [1.165, 1.54) is 0 Å². The molecule has 0 spiro atoms. The van der Waals surface area contributed by atoms with Crippen LogP contribution in [0.25, 0.3) is 0 Å². The molecule has 0 saturated carbocycles. The smallest absolute Gasteiger partial charge is 0.253 e. The molecule has 0 bridgehead atoms. The molecule has 3 atom stereocenters. The molecule has 0 aliphatic carbocycles. The highest BCUT2D eigenvalue weighted by atomic mass is 35.5. The van der Waals surface area contributed by atoms with Crippen molar-refractivity contribution >= 4 is 23.4 Å². The van der Waals surface area contributed by atoms with Gasteiger partial charge < -0.3 is 15.7 Å². The van der Waals surface area contributed by atoms with Gasteiger partial charge in [0.2, 0.25) is 5.91 Å². The maximum atomic E-state index is 12.1. The lowest BCUT2D eigenvalue weighted by molar-refractivity contribution is -0.124. The SMILES string of the molecule is CCC(C)C(C)(O)CNC(=O)C(C)NC(=O)c1ccccc1Cl. The second-order valence-electron chi connectivity index (χ2n) is 6.06. The first kappa shape index (κ1) is 19.5. The fourth-order valence-electron chi connectivity index (χ4n) is 2.02. The van der Waals surface area contributed by atoms with E-state index in [-0.39, 0.29) is 18.4 Å². The molecule has 0 aliphatic heterocycles. The summed E-state index contributed by atoms with van der Waals surface area (Å²) in [5.41, 5.74) is -0.669. The van der Waals surface area contributed by atoms with Crippen molar-refractivity contribution < 1.29 is 14.7 Å². The highest BCUT2D eigenvalue weighted by Gasteiger charge is 2.28. The van der Waals surface area contributed by atoms with E-state index in [2.05, 4.69) is 10.6 Å². The van der Waals surface area contributed by atoms with Crippen molar-refractivity contribution in [1.29, 1.82) is 0 Å². The Morgan fingerprint density at radius 2 is 1.91 bits per heavy atom. The standard InChI is InChI=1S/C17H25ClN2O3/c1-5-11(2)17(4,23)10-19-15(21)12(3)20-16(22)13-8-6-7-9-14(13)18/h6-9,11-12,23H,5,10H2,1-4H3,(H,19,21)(H,20,22). The third-order valence-electron chi connectivity index (χ3n) is 4.15. The van der Waals surface area contributed by atoms with Crippen LogP contribution in [-0.2, 0) is 4.79 Å². The number of carbonyl (C=O) groups excluding carboxylic acids is 2. The number of rotatable bonds is 7. The number of benzene rings is 1. The van der Waals surface area contributed by atoms with E-state index in [9.17, 15) is 14.7 Å². The zero-order chi connectivity index (χ0) is 17.6. The summed E-state index contributed by atoms with van der Waals surface area (Å²) < 4.78 is 0. The number of aliphatic hydroxyl groups is 1. The van der Waals surface area contributed by atoms with Crippen molar-refractivity contribution in [3.63, 3.8) is 0 Å². The first-order valence-electron chi connectivity index (χ1n) is 7.74. The molecule has 5 nitrogen and oxygen atoms in total. The van der Waals surface area contributed by atoms with E-state index in [1.54, 1.807) is 38.1 Å². The van der Waals surface area contributed by atoms with Gasteiger partial charge in [0.15, 0.2) is 0 Å². The van der Waals surface area contributed by atoms with Crippen LogP contribution in [0.2, 0.25) is 5.02 Å². The molecule has 0 fully saturated rings. The maximum Gasteiger partial charge on any atom is 0.253 e. The number of hydrogen-bond donors (Lipinski definition) is 3. The van der Waals surface area contributed by atoms with Crippen LogP contribution in [-0.4, -0.2) is 35.1 Å². The van der Waals surface area contributed by atoms with Gasteiger partial charge in [-0.15, -0.1) is 0 Å². The Morgan fingerprint density at radius 1 is 1.30 bits per heavy atom. The summed E-state index contributed by atoms with van der Waals surface area (Å²) in [6, 6.07) is 5.91. The minimum atomic E-state index is -0.989. The summed E-state index contributed by atoms with van der Waals surface area (Å²) in [6.45, 7) is 7.31. The lowest BCUT2D eigenvalue weighted by Gasteiger charge is -2.30. The topological polar surface area (TPSA) is 78.4 Å². The van der Waals surface area contributed by atoms with Crippen molar-refractivity contribution in [2.75, 3.05) is 6.54 Å². The van der Waals surface area contributed by atoms with E-state index in [0.717, 1.165) is 6.42 Å². The molecule has 1 aromatic rings. The molecular weight excluding hydrogens is 316 g/mol. The summed E-state index contributed by atoms with van der Waals surface area (Å²) in [5, 5.41) is 15.9. The molecule has 3 unspecified atom stereocenters. The lowest BCUT2D eigenvalue weighted by Crippen LogP contribution is -2.50. The molecule has 23 heavy (non-hydrogen) atoms. The highest BCUT2D eigenvalue weighted by molar-refractivity contribution is 6.33.